The Morgan fingerprint density at radius 1 is 1.24 bits per heavy atom. The predicted octanol–water partition coefficient (Wildman–Crippen LogP) is 6.04. The third-order valence-corrected chi connectivity index (χ3v) is 3.27. The highest BCUT2D eigenvalue weighted by atomic mass is 35.5. The van der Waals surface area contributed by atoms with Crippen LogP contribution in [0.4, 0.5) is 18.9 Å². The van der Waals surface area contributed by atoms with Crippen molar-refractivity contribution in [1.82, 2.24) is 0 Å². The van der Waals surface area contributed by atoms with E-state index in [2.05, 4.69) is 10.2 Å². The second-order valence-electron chi connectivity index (χ2n) is 4.01. The average molecular weight is 382 g/mol. The lowest BCUT2D eigenvalue weighted by Gasteiger charge is -2.13. The van der Waals surface area contributed by atoms with Crippen LogP contribution in [-0.4, -0.2) is 16.4 Å². The van der Waals surface area contributed by atoms with Crippen LogP contribution in [0.25, 0.3) is 0 Å². The lowest BCUT2D eigenvalue weighted by Crippen LogP contribution is -2.28. The molecule has 0 saturated heterocycles. The molecule has 1 aromatic carbocycles. The number of Topliss-reactive ketones (excluding diaryl/α,β-unsaturated/α-hetero) is 1. The molecule has 3 nitrogen and oxygen atoms in total. The van der Waals surface area contributed by atoms with Gasteiger partial charge in [-0.1, -0.05) is 46.4 Å². The molecule has 1 aromatic rings. The summed E-state index contributed by atoms with van der Waals surface area (Å²) in [5, 5.41) is 7.23. The Bertz CT molecular complexity index is 564. The van der Waals surface area contributed by atoms with Crippen molar-refractivity contribution in [2.45, 2.75) is 24.0 Å². The fourth-order valence-electron chi connectivity index (χ4n) is 1.28. The molecule has 0 aromatic heterocycles. The monoisotopic (exact) mass is 380 g/mol. The molecule has 0 aliphatic rings. The zero-order chi connectivity index (χ0) is 16.4. The molecule has 0 fully saturated rings. The number of hydrogen-bond donors (Lipinski definition) is 0. The third-order valence-electron chi connectivity index (χ3n) is 2.19. The number of hydrogen-bond acceptors (Lipinski definition) is 3. The Morgan fingerprint density at radius 2 is 1.81 bits per heavy atom. The Hall–Kier alpha value is -0.560. The van der Waals surface area contributed by atoms with Gasteiger partial charge in [-0.25, -0.2) is 0 Å². The van der Waals surface area contributed by atoms with Crippen LogP contribution in [0.2, 0.25) is 10.0 Å². The molecule has 0 aliphatic heterocycles. The summed E-state index contributed by atoms with van der Waals surface area (Å²) in [5.41, 5.74) is 0.593. The van der Waals surface area contributed by atoms with Crippen molar-refractivity contribution in [2.24, 2.45) is 10.2 Å². The van der Waals surface area contributed by atoms with E-state index in [1.807, 2.05) is 0 Å². The van der Waals surface area contributed by atoms with Gasteiger partial charge in [-0.3, -0.25) is 4.79 Å². The van der Waals surface area contributed by atoms with Crippen LogP contribution in [0.3, 0.4) is 0 Å². The SMILES string of the molecule is Cc1cc(Cl)cc(Cl)c1N=NC(Cl)(Cl)C(=O)CC(F)(F)F. The van der Waals surface area contributed by atoms with E-state index in [1.54, 1.807) is 6.92 Å². The van der Waals surface area contributed by atoms with Gasteiger partial charge in [0, 0.05) is 5.02 Å². The van der Waals surface area contributed by atoms with Gasteiger partial charge in [-0.15, -0.1) is 5.11 Å². The number of nitrogens with zero attached hydrogens (tertiary/aromatic N) is 2. The fourth-order valence-corrected chi connectivity index (χ4v) is 2.12. The zero-order valence-electron chi connectivity index (χ0n) is 10.3. The normalized spacial score (nSPS) is 13.0. The Balaban J connectivity index is 3.01. The van der Waals surface area contributed by atoms with Crippen molar-refractivity contribution < 1.29 is 18.0 Å². The zero-order valence-corrected chi connectivity index (χ0v) is 13.3. The van der Waals surface area contributed by atoms with E-state index in [0.717, 1.165) is 0 Å². The molecule has 0 unspecified atom stereocenters. The summed E-state index contributed by atoms with van der Waals surface area (Å²) < 4.78 is 33.7. The molecule has 21 heavy (non-hydrogen) atoms. The Labute approximate surface area is 138 Å². The van der Waals surface area contributed by atoms with Crippen LogP contribution in [-0.2, 0) is 4.79 Å². The summed E-state index contributed by atoms with van der Waals surface area (Å²) in [6.45, 7) is 1.59. The number of alkyl halides is 5. The summed E-state index contributed by atoms with van der Waals surface area (Å²) in [6, 6.07) is 2.86. The lowest BCUT2D eigenvalue weighted by atomic mass is 10.2. The molecule has 0 spiro atoms. The molecule has 0 saturated carbocycles. The number of carbonyl (C=O) groups excluding carboxylic acids is 1. The maximum absolute atomic E-state index is 12.1. The standard InChI is InChI=1S/C11H7Cl4F3N2O/c1-5-2-6(12)3-7(13)9(5)19-20-11(14,15)8(21)4-10(16,17)18/h2-3H,4H2,1H3. The van der Waals surface area contributed by atoms with Crippen LogP contribution < -0.4 is 0 Å². The minimum absolute atomic E-state index is 0.0937. The predicted molar refractivity (Wildman–Crippen MR) is 75.8 cm³/mol. The van der Waals surface area contributed by atoms with Gasteiger partial charge in [-0.2, -0.15) is 18.3 Å². The van der Waals surface area contributed by atoms with Crippen LogP contribution >= 0.6 is 46.4 Å². The molecule has 0 amide bonds. The first-order valence-corrected chi connectivity index (χ1v) is 6.80. The van der Waals surface area contributed by atoms with Crippen LogP contribution in [0.15, 0.2) is 22.4 Å². The van der Waals surface area contributed by atoms with Crippen molar-refractivity contribution in [3.63, 3.8) is 0 Å². The molecule has 0 heterocycles. The first-order chi connectivity index (χ1) is 9.42. The van der Waals surface area contributed by atoms with E-state index in [0.29, 0.717) is 10.6 Å². The minimum Gasteiger partial charge on any atom is -0.294 e. The van der Waals surface area contributed by atoms with E-state index in [1.165, 1.54) is 12.1 Å². The molecule has 0 bridgehead atoms. The molecule has 0 aliphatic carbocycles. The van der Waals surface area contributed by atoms with E-state index < -0.39 is 22.8 Å². The molecule has 0 N–H and O–H groups in total. The molecule has 1 rings (SSSR count). The van der Waals surface area contributed by atoms with Gasteiger partial charge in [0.2, 0.25) is 5.78 Å². The molecule has 116 valence electrons. The minimum atomic E-state index is -4.74. The molecular formula is C11H7Cl4F3N2O. The number of aryl methyl sites for hydroxylation is 1. The topological polar surface area (TPSA) is 41.8 Å². The Morgan fingerprint density at radius 3 is 2.29 bits per heavy atom. The average Bonchev–Trinajstić information content (AvgIpc) is 2.24. The number of benzene rings is 1. The van der Waals surface area contributed by atoms with Crippen molar-refractivity contribution in [1.29, 1.82) is 0 Å². The highest BCUT2D eigenvalue weighted by Crippen LogP contribution is 2.36. The van der Waals surface area contributed by atoms with Crippen LogP contribution in [0.5, 0.6) is 0 Å². The number of rotatable bonds is 4. The van der Waals surface area contributed by atoms with Gasteiger partial charge >= 0.3 is 6.18 Å². The molecular weight excluding hydrogens is 375 g/mol. The van der Waals surface area contributed by atoms with Gasteiger partial charge < -0.3 is 0 Å². The molecule has 10 heteroatoms. The number of ketones is 1. The maximum atomic E-state index is 12.1. The van der Waals surface area contributed by atoms with Crippen molar-refractivity contribution in [3.8, 4) is 0 Å². The number of carbonyl (C=O) groups is 1. The van der Waals surface area contributed by atoms with E-state index in [9.17, 15) is 18.0 Å². The maximum Gasteiger partial charge on any atom is 0.396 e. The third kappa shape index (κ3) is 5.62. The van der Waals surface area contributed by atoms with Crippen molar-refractivity contribution in [3.05, 3.63) is 27.7 Å². The van der Waals surface area contributed by atoms with Gasteiger partial charge in [0.1, 0.15) is 12.1 Å². The summed E-state index contributed by atoms with van der Waals surface area (Å²) in [7, 11) is 0. The van der Waals surface area contributed by atoms with Crippen LogP contribution in [0.1, 0.15) is 12.0 Å². The first kappa shape index (κ1) is 18.5. The van der Waals surface area contributed by atoms with Crippen LogP contribution in [0, 0.1) is 6.92 Å². The lowest BCUT2D eigenvalue weighted by molar-refractivity contribution is -0.152. The van der Waals surface area contributed by atoms with Gasteiger partial charge in [0.15, 0.2) is 0 Å². The summed E-state index contributed by atoms with van der Waals surface area (Å²) in [4.78, 5) is 11.3. The highest BCUT2D eigenvalue weighted by molar-refractivity contribution is 6.58. The molecule has 0 atom stereocenters. The first-order valence-electron chi connectivity index (χ1n) is 5.29. The second-order valence-corrected chi connectivity index (χ2v) is 6.14. The van der Waals surface area contributed by atoms with E-state index in [-0.39, 0.29) is 10.7 Å². The van der Waals surface area contributed by atoms with E-state index >= 15 is 0 Å². The number of azo groups is 1. The largest absolute Gasteiger partial charge is 0.396 e. The van der Waals surface area contributed by atoms with Gasteiger partial charge in [0.25, 0.3) is 4.46 Å². The van der Waals surface area contributed by atoms with Crippen molar-refractivity contribution >= 4 is 57.9 Å². The quantitative estimate of drug-likeness (QED) is 0.356. The molecule has 0 radical (unpaired) electrons. The second kappa shape index (κ2) is 6.69. The fraction of sp³-hybridized carbons (Fsp3) is 0.364. The summed E-state index contributed by atoms with van der Waals surface area (Å²) in [6.07, 6.45) is -6.55. The van der Waals surface area contributed by atoms with Crippen molar-refractivity contribution in [2.75, 3.05) is 0 Å². The van der Waals surface area contributed by atoms with E-state index in [4.69, 9.17) is 46.4 Å². The smallest absolute Gasteiger partial charge is 0.294 e. The highest BCUT2D eigenvalue weighted by Gasteiger charge is 2.42. The summed E-state index contributed by atoms with van der Waals surface area (Å²) >= 11 is 22.5. The summed E-state index contributed by atoms with van der Waals surface area (Å²) in [5.74, 6) is -1.54. The van der Waals surface area contributed by atoms with Gasteiger partial charge in [-0.05, 0) is 24.6 Å². The number of halogens is 7. The van der Waals surface area contributed by atoms with Gasteiger partial charge in [0.05, 0.1) is 5.02 Å². The Kier molecular flexibility index (Phi) is 5.89.